The van der Waals surface area contributed by atoms with E-state index in [1.54, 1.807) is 30.7 Å². The summed E-state index contributed by atoms with van der Waals surface area (Å²) in [4.78, 5) is 12.8. The lowest BCUT2D eigenvalue weighted by atomic mass is 10.0. The third-order valence-corrected chi connectivity index (χ3v) is 7.13. The largest absolute Gasteiger partial charge is 0.343 e. The van der Waals surface area contributed by atoms with E-state index in [2.05, 4.69) is 12.2 Å². The molecule has 0 radical (unpaired) electrons. The standard InChI is InChI=1S/C19H25N3O3S/c1-14-9-11-22(12-10-14)26(24,25)18-13-17(21(3)15(18)2)19(23)20-16-7-5-4-6-8-16/h4-8,13-14H,9-12H2,1-3H3,(H,20,23). The number of aromatic nitrogens is 1. The number of sulfonamides is 1. The minimum absolute atomic E-state index is 0.216. The summed E-state index contributed by atoms with van der Waals surface area (Å²) in [5.74, 6) is 0.223. The molecule has 7 heteroatoms. The number of carbonyl (C=O) groups is 1. The van der Waals surface area contributed by atoms with Crippen molar-refractivity contribution < 1.29 is 13.2 Å². The Balaban J connectivity index is 1.88. The zero-order valence-electron chi connectivity index (χ0n) is 15.4. The average Bonchev–Trinajstić information content (AvgIpc) is 2.92. The molecule has 0 bridgehead atoms. The van der Waals surface area contributed by atoms with Crippen LogP contribution in [0.15, 0.2) is 41.3 Å². The Hall–Kier alpha value is -2.12. The molecule has 1 saturated heterocycles. The maximum atomic E-state index is 13.0. The Kier molecular flexibility index (Phi) is 5.20. The second kappa shape index (κ2) is 7.25. The number of anilines is 1. The summed E-state index contributed by atoms with van der Waals surface area (Å²) in [7, 11) is -1.88. The summed E-state index contributed by atoms with van der Waals surface area (Å²) in [6.45, 7) is 4.94. The number of nitrogens with zero attached hydrogens (tertiary/aromatic N) is 2. The van der Waals surface area contributed by atoms with Crippen molar-refractivity contribution in [1.82, 2.24) is 8.87 Å². The predicted octanol–water partition coefficient (Wildman–Crippen LogP) is 3.01. The summed E-state index contributed by atoms with van der Waals surface area (Å²) >= 11 is 0. The van der Waals surface area contributed by atoms with Crippen LogP contribution in [0.1, 0.15) is 35.9 Å². The number of rotatable bonds is 4. The minimum atomic E-state index is -3.59. The van der Waals surface area contributed by atoms with Crippen molar-refractivity contribution >= 4 is 21.6 Å². The first-order chi connectivity index (χ1) is 12.3. The van der Waals surface area contributed by atoms with Gasteiger partial charge < -0.3 is 9.88 Å². The monoisotopic (exact) mass is 375 g/mol. The van der Waals surface area contributed by atoms with Gasteiger partial charge in [0.25, 0.3) is 5.91 Å². The second-order valence-corrected chi connectivity index (χ2v) is 8.85. The highest BCUT2D eigenvalue weighted by Crippen LogP contribution is 2.27. The molecule has 1 fully saturated rings. The Labute approximate surface area is 154 Å². The third-order valence-electron chi connectivity index (χ3n) is 5.11. The van der Waals surface area contributed by atoms with Crippen LogP contribution in [-0.4, -0.2) is 36.3 Å². The summed E-state index contributed by atoms with van der Waals surface area (Å²) in [5.41, 5.74) is 1.57. The molecule has 2 aromatic rings. The van der Waals surface area contributed by atoms with Crippen LogP contribution in [0, 0.1) is 12.8 Å². The van der Waals surface area contributed by atoms with Crippen molar-refractivity contribution in [3.05, 3.63) is 47.8 Å². The molecule has 6 nitrogen and oxygen atoms in total. The number of para-hydroxylation sites is 1. The lowest BCUT2D eigenvalue weighted by Crippen LogP contribution is -2.38. The van der Waals surface area contributed by atoms with Gasteiger partial charge in [-0.3, -0.25) is 4.79 Å². The van der Waals surface area contributed by atoms with E-state index in [0.717, 1.165) is 12.8 Å². The number of piperidine rings is 1. The maximum absolute atomic E-state index is 13.0. The van der Waals surface area contributed by atoms with E-state index in [1.807, 2.05) is 18.2 Å². The van der Waals surface area contributed by atoms with Crippen molar-refractivity contribution in [2.24, 2.45) is 13.0 Å². The Morgan fingerprint density at radius 3 is 2.38 bits per heavy atom. The average molecular weight is 375 g/mol. The number of hydrogen-bond donors (Lipinski definition) is 1. The quantitative estimate of drug-likeness (QED) is 0.893. The molecule has 1 amide bonds. The number of nitrogens with one attached hydrogen (secondary N) is 1. The van der Waals surface area contributed by atoms with Gasteiger partial charge in [-0.1, -0.05) is 25.1 Å². The molecule has 0 aliphatic carbocycles. The van der Waals surface area contributed by atoms with Gasteiger partial charge in [0, 0.05) is 31.5 Å². The summed E-state index contributed by atoms with van der Waals surface area (Å²) in [6.07, 6.45) is 1.74. The zero-order chi connectivity index (χ0) is 18.9. The Morgan fingerprint density at radius 2 is 1.77 bits per heavy atom. The highest BCUT2D eigenvalue weighted by atomic mass is 32.2. The molecule has 1 N–H and O–H groups in total. The summed E-state index contributed by atoms with van der Waals surface area (Å²) < 4.78 is 29.3. The van der Waals surface area contributed by atoms with Gasteiger partial charge in [-0.2, -0.15) is 4.31 Å². The van der Waals surface area contributed by atoms with Gasteiger partial charge in [-0.15, -0.1) is 0 Å². The van der Waals surface area contributed by atoms with E-state index >= 15 is 0 Å². The molecular weight excluding hydrogens is 350 g/mol. The fourth-order valence-corrected chi connectivity index (χ4v) is 4.97. The third kappa shape index (κ3) is 3.54. The molecule has 140 valence electrons. The molecule has 1 aliphatic rings. The molecule has 1 aromatic carbocycles. The van der Waals surface area contributed by atoms with E-state index in [9.17, 15) is 13.2 Å². The van der Waals surface area contributed by atoms with E-state index in [1.165, 1.54) is 10.4 Å². The fraction of sp³-hybridized carbons (Fsp3) is 0.421. The topological polar surface area (TPSA) is 71.4 Å². The molecule has 2 heterocycles. The van der Waals surface area contributed by atoms with Gasteiger partial charge in [0.2, 0.25) is 10.0 Å². The number of benzene rings is 1. The first-order valence-corrected chi connectivity index (χ1v) is 10.3. The highest BCUT2D eigenvalue weighted by molar-refractivity contribution is 7.89. The smallest absolute Gasteiger partial charge is 0.272 e. The number of carbonyl (C=O) groups excluding carboxylic acids is 1. The maximum Gasteiger partial charge on any atom is 0.272 e. The van der Waals surface area contributed by atoms with Gasteiger partial charge in [0.1, 0.15) is 10.6 Å². The molecular formula is C19H25N3O3S. The van der Waals surface area contributed by atoms with Crippen LogP contribution < -0.4 is 5.32 Å². The molecule has 0 spiro atoms. The molecule has 3 rings (SSSR count). The van der Waals surface area contributed by atoms with Crippen molar-refractivity contribution in [1.29, 1.82) is 0 Å². The van der Waals surface area contributed by atoms with E-state index in [-0.39, 0.29) is 10.8 Å². The lowest BCUT2D eigenvalue weighted by molar-refractivity contribution is 0.101. The van der Waals surface area contributed by atoms with E-state index in [0.29, 0.717) is 36.1 Å². The Bertz CT molecular complexity index is 896. The van der Waals surface area contributed by atoms with E-state index in [4.69, 9.17) is 0 Å². The normalized spacial score (nSPS) is 16.6. The van der Waals surface area contributed by atoms with Gasteiger partial charge in [-0.25, -0.2) is 8.42 Å². The molecule has 0 atom stereocenters. The minimum Gasteiger partial charge on any atom is -0.343 e. The van der Waals surface area contributed by atoms with Crippen LogP contribution in [0.5, 0.6) is 0 Å². The Morgan fingerprint density at radius 1 is 1.15 bits per heavy atom. The number of amides is 1. The van der Waals surface area contributed by atoms with Crippen molar-refractivity contribution in [3.8, 4) is 0 Å². The van der Waals surface area contributed by atoms with Gasteiger partial charge >= 0.3 is 0 Å². The molecule has 1 aromatic heterocycles. The van der Waals surface area contributed by atoms with Gasteiger partial charge in [0.05, 0.1) is 0 Å². The highest BCUT2D eigenvalue weighted by Gasteiger charge is 2.32. The zero-order valence-corrected chi connectivity index (χ0v) is 16.2. The van der Waals surface area contributed by atoms with Crippen LogP contribution in [-0.2, 0) is 17.1 Å². The summed E-state index contributed by atoms with van der Waals surface area (Å²) in [5, 5.41) is 2.81. The summed E-state index contributed by atoms with van der Waals surface area (Å²) in [6, 6.07) is 10.6. The van der Waals surface area contributed by atoms with Crippen LogP contribution >= 0.6 is 0 Å². The van der Waals surface area contributed by atoms with Crippen molar-refractivity contribution in [2.45, 2.75) is 31.6 Å². The molecule has 0 unspecified atom stereocenters. The SMILES string of the molecule is Cc1c(S(=O)(=O)N2CCC(C)CC2)cc(C(=O)Nc2ccccc2)n1C. The fourth-order valence-electron chi connectivity index (χ4n) is 3.23. The molecule has 26 heavy (non-hydrogen) atoms. The van der Waals surface area contributed by atoms with Crippen LogP contribution in [0.25, 0.3) is 0 Å². The number of hydrogen-bond acceptors (Lipinski definition) is 3. The van der Waals surface area contributed by atoms with Crippen molar-refractivity contribution in [3.63, 3.8) is 0 Å². The first-order valence-electron chi connectivity index (χ1n) is 8.83. The van der Waals surface area contributed by atoms with Crippen LogP contribution in [0.4, 0.5) is 5.69 Å². The van der Waals surface area contributed by atoms with Crippen molar-refractivity contribution in [2.75, 3.05) is 18.4 Å². The lowest BCUT2D eigenvalue weighted by Gasteiger charge is -2.29. The van der Waals surface area contributed by atoms with Gasteiger partial charge in [-0.05, 0) is 43.9 Å². The van der Waals surface area contributed by atoms with E-state index < -0.39 is 10.0 Å². The van der Waals surface area contributed by atoms with Crippen LogP contribution in [0.2, 0.25) is 0 Å². The first kappa shape index (κ1) is 18.7. The van der Waals surface area contributed by atoms with Crippen LogP contribution in [0.3, 0.4) is 0 Å². The molecule has 1 aliphatic heterocycles. The molecule has 0 saturated carbocycles. The predicted molar refractivity (Wildman–Crippen MR) is 102 cm³/mol. The second-order valence-electron chi connectivity index (χ2n) is 6.95. The van der Waals surface area contributed by atoms with Gasteiger partial charge in [0.15, 0.2) is 0 Å².